The van der Waals surface area contributed by atoms with E-state index in [9.17, 15) is 14.4 Å². The van der Waals surface area contributed by atoms with Gasteiger partial charge in [-0.1, -0.05) is 12.1 Å². The molecule has 1 heterocycles. The summed E-state index contributed by atoms with van der Waals surface area (Å²) in [6.45, 7) is 3.68. The molecule has 8 nitrogen and oxygen atoms in total. The molecule has 0 atom stereocenters. The van der Waals surface area contributed by atoms with Crippen molar-refractivity contribution in [3.63, 3.8) is 0 Å². The van der Waals surface area contributed by atoms with Crippen molar-refractivity contribution in [3.05, 3.63) is 29.8 Å². The van der Waals surface area contributed by atoms with Gasteiger partial charge in [0.1, 0.15) is 0 Å². The number of piperazine rings is 1. The molecule has 1 aromatic carbocycles. The normalized spacial score (nSPS) is 14.1. The highest BCUT2D eigenvalue weighted by Crippen LogP contribution is 2.17. The van der Waals surface area contributed by atoms with Gasteiger partial charge in [-0.05, 0) is 19.1 Å². The van der Waals surface area contributed by atoms with Crippen molar-refractivity contribution in [1.29, 1.82) is 0 Å². The average Bonchev–Trinajstić information content (AvgIpc) is 2.62. The molecule has 1 N–H and O–H groups in total. The predicted molar refractivity (Wildman–Crippen MR) is 87.0 cm³/mol. The lowest BCUT2D eigenvalue weighted by molar-refractivity contribution is 0.0601. The highest BCUT2D eigenvalue weighted by atomic mass is 16.6. The predicted octanol–water partition coefficient (Wildman–Crippen LogP) is 1.78. The number of anilines is 1. The van der Waals surface area contributed by atoms with Gasteiger partial charge in [-0.3, -0.25) is 0 Å². The van der Waals surface area contributed by atoms with Crippen molar-refractivity contribution in [2.45, 2.75) is 6.92 Å². The van der Waals surface area contributed by atoms with Crippen LogP contribution in [0.1, 0.15) is 17.3 Å². The third-order valence-corrected chi connectivity index (χ3v) is 3.67. The van der Waals surface area contributed by atoms with Crippen LogP contribution in [0.2, 0.25) is 0 Å². The van der Waals surface area contributed by atoms with E-state index in [4.69, 9.17) is 9.47 Å². The summed E-state index contributed by atoms with van der Waals surface area (Å²) >= 11 is 0. The number of nitrogens with zero attached hydrogens (tertiary/aromatic N) is 2. The van der Waals surface area contributed by atoms with Crippen molar-refractivity contribution in [3.8, 4) is 0 Å². The number of esters is 1. The monoisotopic (exact) mass is 335 g/mol. The van der Waals surface area contributed by atoms with Crippen molar-refractivity contribution in [2.75, 3.05) is 45.2 Å². The van der Waals surface area contributed by atoms with Gasteiger partial charge < -0.3 is 24.6 Å². The number of urea groups is 1. The number of methoxy groups -OCH3 is 1. The van der Waals surface area contributed by atoms with E-state index in [1.807, 2.05) is 0 Å². The lowest BCUT2D eigenvalue weighted by Crippen LogP contribution is -2.51. The van der Waals surface area contributed by atoms with Crippen LogP contribution in [-0.2, 0) is 9.47 Å². The molecule has 8 heteroatoms. The summed E-state index contributed by atoms with van der Waals surface area (Å²) in [5.74, 6) is -0.516. The number of ether oxygens (including phenoxy) is 2. The average molecular weight is 335 g/mol. The van der Waals surface area contributed by atoms with Gasteiger partial charge in [-0.2, -0.15) is 0 Å². The zero-order valence-corrected chi connectivity index (χ0v) is 13.8. The summed E-state index contributed by atoms with van der Waals surface area (Å²) in [5, 5.41) is 2.72. The van der Waals surface area contributed by atoms with Gasteiger partial charge in [-0.15, -0.1) is 0 Å². The summed E-state index contributed by atoms with van der Waals surface area (Å²) in [6, 6.07) is 6.31. The van der Waals surface area contributed by atoms with E-state index in [0.717, 1.165) is 0 Å². The van der Waals surface area contributed by atoms with Crippen LogP contribution in [0.4, 0.5) is 15.3 Å². The molecule has 1 aliphatic rings. The van der Waals surface area contributed by atoms with Crippen LogP contribution in [0.15, 0.2) is 24.3 Å². The molecule has 1 saturated heterocycles. The molecule has 2 rings (SSSR count). The Morgan fingerprint density at radius 1 is 1.08 bits per heavy atom. The Labute approximate surface area is 140 Å². The van der Waals surface area contributed by atoms with Gasteiger partial charge in [0, 0.05) is 26.2 Å². The van der Waals surface area contributed by atoms with Crippen molar-refractivity contribution >= 4 is 23.8 Å². The summed E-state index contributed by atoms with van der Waals surface area (Å²) in [4.78, 5) is 38.9. The minimum atomic E-state index is -0.516. The van der Waals surface area contributed by atoms with Crippen LogP contribution >= 0.6 is 0 Å². The number of amides is 3. The lowest BCUT2D eigenvalue weighted by Gasteiger charge is -2.34. The molecule has 3 amide bonds. The largest absolute Gasteiger partial charge is 0.465 e. The van der Waals surface area contributed by atoms with E-state index >= 15 is 0 Å². The number of carbonyl (C=O) groups excluding carboxylic acids is 3. The van der Waals surface area contributed by atoms with E-state index in [1.165, 1.54) is 7.11 Å². The quantitative estimate of drug-likeness (QED) is 0.851. The summed E-state index contributed by atoms with van der Waals surface area (Å²) < 4.78 is 9.65. The van der Waals surface area contributed by atoms with Crippen LogP contribution in [-0.4, -0.2) is 67.8 Å². The number of rotatable bonds is 3. The van der Waals surface area contributed by atoms with Gasteiger partial charge in [0.25, 0.3) is 0 Å². The molecule has 1 aliphatic heterocycles. The summed E-state index contributed by atoms with van der Waals surface area (Å²) in [7, 11) is 1.29. The minimum Gasteiger partial charge on any atom is -0.465 e. The fourth-order valence-electron chi connectivity index (χ4n) is 2.38. The molecular weight excluding hydrogens is 314 g/mol. The maximum atomic E-state index is 12.4. The SMILES string of the molecule is CCOC(=O)N1CCN(C(=O)Nc2ccccc2C(=O)OC)CC1. The second-order valence-corrected chi connectivity index (χ2v) is 5.14. The van der Waals surface area contributed by atoms with Crippen LogP contribution in [0.5, 0.6) is 0 Å². The van der Waals surface area contributed by atoms with Crippen molar-refractivity contribution in [2.24, 2.45) is 0 Å². The first-order valence-corrected chi connectivity index (χ1v) is 7.71. The molecule has 24 heavy (non-hydrogen) atoms. The Morgan fingerprint density at radius 2 is 1.71 bits per heavy atom. The third-order valence-electron chi connectivity index (χ3n) is 3.67. The zero-order chi connectivity index (χ0) is 17.5. The molecule has 1 aromatic rings. The van der Waals surface area contributed by atoms with Gasteiger partial charge in [0.05, 0.1) is 25.0 Å². The summed E-state index contributed by atoms with van der Waals surface area (Å²) in [5.41, 5.74) is 0.681. The third kappa shape index (κ3) is 4.15. The first-order chi connectivity index (χ1) is 11.6. The van der Waals surface area contributed by atoms with E-state index in [-0.39, 0.29) is 12.1 Å². The van der Waals surface area contributed by atoms with Crippen LogP contribution in [0.25, 0.3) is 0 Å². The molecule has 0 aliphatic carbocycles. The number of nitrogens with one attached hydrogen (secondary N) is 1. The van der Waals surface area contributed by atoms with Crippen molar-refractivity contribution in [1.82, 2.24) is 9.80 Å². The van der Waals surface area contributed by atoms with Crippen LogP contribution in [0.3, 0.4) is 0 Å². The van der Waals surface area contributed by atoms with E-state index < -0.39 is 5.97 Å². The Balaban J connectivity index is 1.95. The molecule has 130 valence electrons. The van der Waals surface area contributed by atoms with Gasteiger partial charge >= 0.3 is 18.1 Å². The zero-order valence-electron chi connectivity index (χ0n) is 13.8. The molecule has 0 spiro atoms. The van der Waals surface area contributed by atoms with Crippen LogP contribution in [0, 0.1) is 0 Å². The first kappa shape index (κ1) is 17.6. The standard InChI is InChI=1S/C16H21N3O5/c1-3-24-16(22)19-10-8-18(9-11-19)15(21)17-13-7-5-4-6-12(13)14(20)23-2/h4-7H,3,8-11H2,1-2H3,(H,17,21). The molecule has 0 bridgehead atoms. The number of hydrogen-bond donors (Lipinski definition) is 1. The summed E-state index contributed by atoms with van der Waals surface area (Å²) in [6.07, 6.45) is -0.367. The minimum absolute atomic E-state index is 0.290. The smallest absolute Gasteiger partial charge is 0.409 e. The van der Waals surface area contributed by atoms with E-state index in [0.29, 0.717) is 44.0 Å². The Morgan fingerprint density at radius 3 is 2.33 bits per heavy atom. The second-order valence-electron chi connectivity index (χ2n) is 5.14. The maximum Gasteiger partial charge on any atom is 0.409 e. The van der Waals surface area contributed by atoms with Crippen molar-refractivity contribution < 1.29 is 23.9 Å². The molecule has 0 unspecified atom stereocenters. The Hall–Kier alpha value is -2.77. The van der Waals surface area contributed by atoms with Gasteiger partial charge in [-0.25, -0.2) is 14.4 Å². The maximum absolute atomic E-state index is 12.4. The second kappa shape index (κ2) is 8.19. The first-order valence-electron chi connectivity index (χ1n) is 7.71. The number of carbonyl (C=O) groups is 3. The highest BCUT2D eigenvalue weighted by molar-refractivity contribution is 6.00. The number of para-hydroxylation sites is 1. The number of benzene rings is 1. The fourth-order valence-corrected chi connectivity index (χ4v) is 2.38. The lowest BCUT2D eigenvalue weighted by atomic mass is 10.2. The van der Waals surface area contributed by atoms with E-state index in [2.05, 4.69) is 5.32 Å². The molecule has 0 radical (unpaired) electrons. The number of hydrogen-bond acceptors (Lipinski definition) is 5. The molecule has 1 fully saturated rings. The Bertz CT molecular complexity index is 611. The van der Waals surface area contributed by atoms with E-state index in [1.54, 1.807) is 41.0 Å². The van der Waals surface area contributed by atoms with Gasteiger partial charge in [0.2, 0.25) is 0 Å². The highest BCUT2D eigenvalue weighted by Gasteiger charge is 2.25. The molecular formula is C16H21N3O5. The fraction of sp³-hybridized carbons (Fsp3) is 0.438. The topological polar surface area (TPSA) is 88.2 Å². The Kier molecular flexibility index (Phi) is 6.00. The van der Waals surface area contributed by atoms with Gasteiger partial charge in [0.15, 0.2) is 0 Å². The molecule has 0 saturated carbocycles. The van der Waals surface area contributed by atoms with Crippen LogP contribution < -0.4 is 5.32 Å². The molecule has 0 aromatic heterocycles.